The lowest BCUT2D eigenvalue weighted by atomic mass is 10.2. The Morgan fingerprint density at radius 3 is 2.52 bits per heavy atom. The highest BCUT2D eigenvalue weighted by Gasteiger charge is 2.07. The van der Waals surface area contributed by atoms with E-state index in [1.807, 2.05) is 6.92 Å². The number of hydrogen-bond acceptors (Lipinski definition) is 6. The van der Waals surface area contributed by atoms with E-state index >= 15 is 0 Å². The molecule has 1 aromatic heterocycles. The van der Waals surface area contributed by atoms with Crippen LogP contribution in [0.5, 0.6) is 0 Å². The molecule has 0 saturated heterocycles. The van der Waals surface area contributed by atoms with Gasteiger partial charge in [0.1, 0.15) is 5.82 Å². The molecule has 2 aromatic rings. The molecule has 2 rings (SSSR count). The molecule has 1 heterocycles. The summed E-state index contributed by atoms with van der Waals surface area (Å²) in [6, 6.07) is 7.14. The summed E-state index contributed by atoms with van der Waals surface area (Å²) in [6.45, 7) is 2.23. The Morgan fingerprint density at radius 2 is 2.00 bits per heavy atom. The third-order valence-corrected chi connectivity index (χ3v) is 3.16. The molecule has 23 heavy (non-hydrogen) atoms. The standard InChI is InChI=1S/C14H15N5O4/c1-3-18(12-8-13(20)17(2)14(21)16-12)15-9-10-4-6-11(7-5-10)19(22)23/h4-9H,3H2,1-2H3,(H,16,21). The van der Waals surface area contributed by atoms with E-state index in [-0.39, 0.29) is 11.5 Å². The maximum absolute atomic E-state index is 11.7. The molecule has 0 radical (unpaired) electrons. The van der Waals surface area contributed by atoms with Gasteiger partial charge < -0.3 is 0 Å². The predicted octanol–water partition coefficient (Wildman–Crippen LogP) is 0.842. The van der Waals surface area contributed by atoms with Gasteiger partial charge in [-0.2, -0.15) is 5.10 Å². The van der Waals surface area contributed by atoms with Crippen LogP contribution in [0.3, 0.4) is 0 Å². The fraction of sp³-hybridized carbons (Fsp3) is 0.214. The lowest BCUT2D eigenvalue weighted by Gasteiger charge is -2.16. The van der Waals surface area contributed by atoms with E-state index in [1.54, 1.807) is 12.1 Å². The van der Waals surface area contributed by atoms with Gasteiger partial charge >= 0.3 is 5.69 Å². The lowest BCUT2D eigenvalue weighted by Crippen LogP contribution is -2.34. The van der Waals surface area contributed by atoms with Crippen molar-refractivity contribution in [1.82, 2.24) is 9.55 Å². The zero-order valence-electron chi connectivity index (χ0n) is 12.6. The van der Waals surface area contributed by atoms with Crippen molar-refractivity contribution in [3.63, 3.8) is 0 Å². The third kappa shape index (κ3) is 3.70. The van der Waals surface area contributed by atoms with Crippen molar-refractivity contribution in [2.45, 2.75) is 6.92 Å². The molecular weight excluding hydrogens is 302 g/mol. The van der Waals surface area contributed by atoms with Gasteiger partial charge in [-0.05, 0) is 24.6 Å². The van der Waals surface area contributed by atoms with Gasteiger partial charge in [-0.25, -0.2) is 9.80 Å². The molecule has 0 fully saturated rings. The lowest BCUT2D eigenvalue weighted by molar-refractivity contribution is -0.384. The quantitative estimate of drug-likeness (QED) is 0.499. The van der Waals surface area contributed by atoms with Crippen LogP contribution in [-0.2, 0) is 7.05 Å². The number of H-pyrrole nitrogens is 1. The van der Waals surface area contributed by atoms with Gasteiger partial charge in [0.05, 0.1) is 11.1 Å². The maximum atomic E-state index is 11.7. The number of rotatable bonds is 5. The molecule has 9 nitrogen and oxygen atoms in total. The zero-order valence-corrected chi connectivity index (χ0v) is 12.6. The van der Waals surface area contributed by atoms with Gasteiger partial charge in [0.25, 0.3) is 11.2 Å². The van der Waals surface area contributed by atoms with Crippen molar-refractivity contribution in [3.05, 3.63) is 66.8 Å². The number of non-ortho nitro benzene ring substituents is 1. The second kappa shape index (κ2) is 6.69. The van der Waals surface area contributed by atoms with Crippen LogP contribution in [0.1, 0.15) is 12.5 Å². The van der Waals surface area contributed by atoms with E-state index in [1.165, 1.54) is 36.5 Å². The van der Waals surface area contributed by atoms with E-state index in [4.69, 9.17) is 0 Å². The normalized spacial score (nSPS) is 10.9. The number of nitrogens with zero attached hydrogens (tertiary/aromatic N) is 4. The number of aromatic amines is 1. The fourth-order valence-corrected chi connectivity index (χ4v) is 1.82. The minimum absolute atomic E-state index is 0.00890. The zero-order chi connectivity index (χ0) is 17.0. The highest BCUT2D eigenvalue weighted by molar-refractivity contribution is 5.80. The Labute approximate surface area is 130 Å². The van der Waals surface area contributed by atoms with Gasteiger partial charge in [0.15, 0.2) is 0 Å². The summed E-state index contributed by atoms with van der Waals surface area (Å²) in [4.78, 5) is 36.0. The summed E-state index contributed by atoms with van der Waals surface area (Å²) in [5, 5.41) is 16.2. The number of hydrogen-bond donors (Lipinski definition) is 1. The summed E-state index contributed by atoms with van der Waals surface area (Å²) in [6.07, 6.45) is 1.49. The van der Waals surface area contributed by atoms with Crippen LogP contribution >= 0.6 is 0 Å². The van der Waals surface area contributed by atoms with Crippen molar-refractivity contribution >= 4 is 17.7 Å². The molecule has 9 heteroatoms. The molecule has 120 valence electrons. The van der Waals surface area contributed by atoms with Crippen LogP contribution in [-0.4, -0.2) is 27.2 Å². The number of aromatic nitrogens is 2. The smallest absolute Gasteiger partial charge is 0.292 e. The van der Waals surface area contributed by atoms with Crippen LogP contribution in [0.4, 0.5) is 11.5 Å². The molecule has 0 saturated carbocycles. The fourth-order valence-electron chi connectivity index (χ4n) is 1.82. The van der Waals surface area contributed by atoms with E-state index in [2.05, 4.69) is 10.1 Å². The maximum Gasteiger partial charge on any atom is 0.329 e. The van der Waals surface area contributed by atoms with Crippen LogP contribution in [0.2, 0.25) is 0 Å². The summed E-state index contributed by atoms with van der Waals surface area (Å²) in [5.41, 5.74) is -0.324. The summed E-state index contributed by atoms with van der Waals surface area (Å²) >= 11 is 0. The van der Waals surface area contributed by atoms with E-state index in [0.29, 0.717) is 12.1 Å². The van der Waals surface area contributed by atoms with Crippen molar-refractivity contribution < 1.29 is 4.92 Å². The Bertz CT molecular complexity index is 819. The average molecular weight is 317 g/mol. The van der Waals surface area contributed by atoms with Crippen molar-refractivity contribution in [1.29, 1.82) is 0 Å². The highest BCUT2D eigenvalue weighted by atomic mass is 16.6. The van der Waals surface area contributed by atoms with Crippen LogP contribution in [0.15, 0.2) is 45.0 Å². The number of nitrogens with one attached hydrogen (secondary N) is 1. The molecule has 1 aromatic carbocycles. The first kappa shape index (κ1) is 16.1. The first-order valence-electron chi connectivity index (χ1n) is 6.78. The number of benzene rings is 1. The van der Waals surface area contributed by atoms with Gasteiger partial charge in [-0.15, -0.1) is 0 Å². The largest absolute Gasteiger partial charge is 0.329 e. The molecule has 0 bridgehead atoms. The van der Waals surface area contributed by atoms with Gasteiger partial charge in [0.2, 0.25) is 0 Å². The predicted molar refractivity (Wildman–Crippen MR) is 86.0 cm³/mol. The Morgan fingerprint density at radius 1 is 1.35 bits per heavy atom. The molecule has 1 N–H and O–H groups in total. The first-order chi connectivity index (χ1) is 10.9. The van der Waals surface area contributed by atoms with Gasteiger partial charge in [0, 0.05) is 31.8 Å². The van der Waals surface area contributed by atoms with Crippen LogP contribution in [0, 0.1) is 10.1 Å². The van der Waals surface area contributed by atoms with Gasteiger partial charge in [-0.3, -0.25) is 24.5 Å². The van der Waals surface area contributed by atoms with Crippen LogP contribution < -0.4 is 16.3 Å². The average Bonchev–Trinajstić information content (AvgIpc) is 2.53. The molecule has 0 unspecified atom stereocenters. The highest BCUT2D eigenvalue weighted by Crippen LogP contribution is 2.11. The first-order valence-corrected chi connectivity index (χ1v) is 6.78. The Balaban J connectivity index is 2.27. The SMILES string of the molecule is CCN(N=Cc1ccc([N+](=O)[O-])cc1)c1cc(=O)n(C)c(=O)[nH]1. The number of nitro groups is 1. The Kier molecular flexibility index (Phi) is 4.69. The van der Waals surface area contributed by atoms with Crippen molar-refractivity contribution in [3.8, 4) is 0 Å². The molecular formula is C14H15N5O4. The monoisotopic (exact) mass is 317 g/mol. The molecule has 0 amide bonds. The molecule has 0 atom stereocenters. The van der Waals surface area contributed by atoms with E-state index in [0.717, 1.165) is 4.57 Å². The Hall–Kier alpha value is -3.23. The van der Waals surface area contributed by atoms with Crippen molar-refractivity contribution in [2.75, 3.05) is 11.6 Å². The molecule has 0 aliphatic carbocycles. The summed E-state index contributed by atoms with van der Waals surface area (Å²) in [7, 11) is 1.38. The number of anilines is 1. The molecule has 0 aliphatic heterocycles. The topological polar surface area (TPSA) is 114 Å². The third-order valence-electron chi connectivity index (χ3n) is 3.16. The summed E-state index contributed by atoms with van der Waals surface area (Å²) < 4.78 is 0.956. The van der Waals surface area contributed by atoms with Gasteiger partial charge in [-0.1, -0.05) is 0 Å². The van der Waals surface area contributed by atoms with E-state index in [9.17, 15) is 19.7 Å². The van der Waals surface area contributed by atoms with Crippen molar-refractivity contribution in [2.24, 2.45) is 12.1 Å². The summed E-state index contributed by atoms with van der Waals surface area (Å²) in [5.74, 6) is 0.277. The number of hydrazone groups is 1. The minimum atomic E-state index is -0.531. The second-order valence-corrected chi connectivity index (χ2v) is 4.67. The molecule has 0 spiro atoms. The molecule has 0 aliphatic rings. The van der Waals surface area contributed by atoms with E-state index < -0.39 is 16.2 Å². The minimum Gasteiger partial charge on any atom is -0.292 e. The second-order valence-electron chi connectivity index (χ2n) is 4.67. The van der Waals surface area contributed by atoms with Crippen LogP contribution in [0.25, 0.3) is 0 Å². The number of nitro benzene ring substituents is 1.